The van der Waals surface area contributed by atoms with Crippen LogP contribution in [0.5, 0.6) is 0 Å². The van der Waals surface area contributed by atoms with Gasteiger partial charge in [0.05, 0.1) is 5.56 Å². The third-order valence-electron chi connectivity index (χ3n) is 5.96. The number of nitrogens with zero attached hydrogens (tertiary/aromatic N) is 1. The van der Waals surface area contributed by atoms with E-state index in [2.05, 4.69) is 84.3 Å². The van der Waals surface area contributed by atoms with Crippen molar-refractivity contribution in [3.63, 3.8) is 0 Å². The summed E-state index contributed by atoms with van der Waals surface area (Å²) < 4.78 is 2.21. The molecule has 0 saturated heterocycles. The SMILES string of the molecule is Cc1ccc(-c2cc(-c3ccccc3)cc(-c3ccccc3)[n+]2-c2ccc(C(=O)O)cc2)cc1. The zero-order valence-corrected chi connectivity index (χ0v) is 18.8. The van der Waals surface area contributed by atoms with Gasteiger partial charge in [-0.2, -0.15) is 4.57 Å². The summed E-state index contributed by atoms with van der Waals surface area (Å²) in [6.07, 6.45) is 0. The molecule has 5 aromatic rings. The number of carboxylic acid groups (broad SMARTS) is 1. The predicted molar refractivity (Wildman–Crippen MR) is 136 cm³/mol. The van der Waals surface area contributed by atoms with Gasteiger partial charge in [-0.1, -0.05) is 66.2 Å². The molecule has 164 valence electrons. The van der Waals surface area contributed by atoms with E-state index < -0.39 is 5.97 Å². The van der Waals surface area contributed by atoms with Crippen LogP contribution in [0.3, 0.4) is 0 Å². The molecule has 3 nitrogen and oxygen atoms in total. The molecule has 0 aliphatic heterocycles. The molecule has 0 spiro atoms. The molecule has 4 aromatic carbocycles. The molecule has 0 bridgehead atoms. The fourth-order valence-corrected chi connectivity index (χ4v) is 4.18. The molecule has 1 N–H and O–H groups in total. The Bertz CT molecular complexity index is 1440. The van der Waals surface area contributed by atoms with Gasteiger partial charge in [-0.05, 0) is 54.4 Å². The summed E-state index contributed by atoms with van der Waals surface area (Å²) in [7, 11) is 0. The largest absolute Gasteiger partial charge is 0.478 e. The summed E-state index contributed by atoms with van der Waals surface area (Å²) in [6.45, 7) is 2.08. The van der Waals surface area contributed by atoms with E-state index in [1.807, 2.05) is 36.4 Å². The Labute approximate surface area is 199 Å². The van der Waals surface area contributed by atoms with Crippen molar-refractivity contribution in [2.45, 2.75) is 6.92 Å². The first-order valence-corrected chi connectivity index (χ1v) is 11.2. The topological polar surface area (TPSA) is 41.2 Å². The Morgan fingerprint density at radius 2 is 1.09 bits per heavy atom. The van der Waals surface area contributed by atoms with E-state index in [1.54, 1.807) is 12.1 Å². The van der Waals surface area contributed by atoms with Crippen LogP contribution in [0, 0.1) is 6.92 Å². The third kappa shape index (κ3) is 4.24. The van der Waals surface area contributed by atoms with Crippen LogP contribution in [-0.4, -0.2) is 11.1 Å². The zero-order chi connectivity index (χ0) is 23.5. The lowest BCUT2D eigenvalue weighted by Crippen LogP contribution is -2.36. The van der Waals surface area contributed by atoms with E-state index in [-0.39, 0.29) is 5.56 Å². The van der Waals surface area contributed by atoms with Crippen LogP contribution < -0.4 is 4.57 Å². The second kappa shape index (κ2) is 9.16. The smallest absolute Gasteiger partial charge is 0.335 e. The molecule has 3 heteroatoms. The Morgan fingerprint density at radius 3 is 1.62 bits per heavy atom. The van der Waals surface area contributed by atoms with Gasteiger partial charge >= 0.3 is 5.97 Å². The first-order chi connectivity index (χ1) is 16.6. The summed E-state index contributed by atoms with van der Waals surface area (Å²) in [5, 5.41) is 9.39. The maximum atomic E-state index is 11.5. The number of carbonyl (C=O) groups is 1. The normalized spacial score (nSPS) is 10.7. The van der Waals surface area contributed by atoms with Gasteiger partial charge in [-0.15, -0.1) is 0 Å². The highest BCUT2D eigenvalue weighted by Crippen LogP contribution is 2.30. The number of aryl methyl sites for hydroxylation is 1. The number of hydrogen-bond donors (Lipinski definition) is 1. The van der Waals surface area contributed by atoms with E-state index in [9.17, 15) is 9.90 Å². The minimum absolute atomic E-state index is 0.267. The molecular weight excluding hydrogens is 418 g/mol. The summed E-state index contributed by atoms with van der Waals surface area (Å²) in [5.41, 5.74) is 8.85. The Hall–Kier alpha value is -4.50. The van der Waals surface area contributed by atoms with Gasteiger partial charge in [0.2, 0.25) is 17.1 Å². The number of hydrogen-bond acceptors (Lipinski definition) is 1. The van der Waals surface area contributed by atoms with E-state index in [4.69, 9.17) is 0 Å². The standard InChI is InChI=1S/C31H23NO2/c1-22-12-14-25(15-13-22)30-21-27(23-8-4-2-5-9-23)20-29(24-10-6-3-7-11-24)32(30)28-18-16-26(17-19-28)31(33)34/h2-21H,1H3/p+1. The lowest BCUT2D eigenvalue weighted by molar-refractivity contribution is -0.572. The second-order valence-electron chi connectivity index (χ2n) is 8.30. The molecule has 1 heterocycles. The van der Waals surface area contributed by atoms with Gasteiger partial charge < -0.3 is 5.11 Å². The van der Waals surface area contributed by atoms with Crippen LogP contribution in [0.25, 0.3) is 39.3 Å². The number of aromatic carboxylic acids is 1. The zero-order valence-electron chi connectivity index (χ0n) is 18.8. The number of pyridine rings is 1. The predicted octanol–water partition coefficient (Wildman–Crippen LogP) is 6.97. The Balaban J connectivity index is 1.84. The van der Waals surface area contributed by atoms with Crippen LogP contribution in [0.4, 0.5) is 0 Å². The number of aromatic nitrogens is 1. The maximum Gasteiger partial charge on any atom is 0.335 e. The number of benzene rings is 4. The second-order valence-corrected chi connectivity index (χ2v) is 8.30. The van der Waals surface area contributed by atoms with Crippen molar-refractivity contribution in [3.8, 4) is 39.3 Å². The molecule has 0 radical (unpaired) electrons. The van der Waals surface area contributed by atoms with Crippen LogP contribution in [-0.2, 0) is 0 Å². The third-order valence-corrected chi connectivity index (χ3v) is 5.96. The van der Waals surface area contributed by atoms with E-state index >= 15 is 0 Å². The van der Waals surface area contributed by atoms with E-state index in [0.29, 0.717) is 0 Å². The van der Waals surface area contributed by atoms with Crippen molar-refractivity contribution in [2.24, 2.45) is 0 Å². The first-order valence-electron chi connectivity index (χ1n) is 11.2. The van der Waals surface area contributed by atoms with Crippen molar-refractivity contribution in [1.82, 2.24) is 0 Å². The highest BCUT2D eigenvalue weighted by molar-refractivity contribution is 5.87. The Morgan fingerprint density at radius 1 is 0.588 bits per heavy atom. The highest BCUT2D eigenvalue weighted by atomic mass is 16.4. The molecule has 0 saturated carbocycles. The van der Waals surface area contributed by atoms with Gasteiger partial charge in [0, 0.05) is 35.4 Å². The molecular formula is C31H24NO2+. The average molecular weight is 443 g/mol. The van der Waals surface area contributed by atoms with Crippen LogP contribution in [0.1, 0.15) is 15.9 Å². The molecule has 1 aromatic heterocycles. The van der Waals surface area contributed by atoms with Crippen LogP contribution in [0.15, 0.2) is 121 Å². The number of carboxylic acids is 1. The van der Waals surface area contributed by atoms with Gasteiger partial charge in [-0.3, -0.25) is 0 Å². The molecule has 0 amide bonds. The van der Waals surface area contributed by atoms with Gasteiger partial charge in [0.25, 0.3) is 0 Å². The average Bonchev–Trinajstić information content (AvgIpc) is 2.89. The summed E-state index contributed by atoms with van der Waals surface area (Å²) in [6, 6.07) is 40.6. The van der Waals surface area contributed by atoms with Gasteiger partial charge in [-0.25, -0.2) is 4.79 Å². The Kier molecular flexibility index (Phi) is 5.75. The molecule has 0 unspecified atom stereocenters. The lowest BCUT2D eigenvalue weighted by atomic mass is 9.98. The fraction of sp³-hybridized carbons (Fsp3) is 0.0323. The molecule has 34 heavy (non-hydrogen) atoms. The van der Waals surface area contributed by atoms with Crippen LogP contribution >= 0.6 is 0 Å². The van der Waals surface area contributed by atoms with Gasteiger partial charge in [0.15, 0.2) is 0 Å². The van der Waals surface area contributed by atoms with Crippen molar-refractivity contribution in [1.29, 1.82) is 0 Å². The molecule has 0 aliphatic rings. The highest BCUT2D eigenvalue weighted by Gasteiger charge is 2.25. The first kappa shape index (κ1) is 21.4. The quantitative estimate of drug-likeness (QED) is 0.299. The van der Waals surface area contributed by atoms with E-state index in [0.717, 1.165) is 39.3 Å². The molecule has 0 fully saturated rings. The van der Waals surface area contributed by atoms with Crippen molar-refractivity contribution in [2.75, 3.05) is 0 Å². The molecule has 0 aliphatic carbocycles. The van der Waals surface area contributed by atoms with Gasteiger partial charge in [0.1, 0.15) is 0 Å². The summed E-state index contributed by atoms with van der Waals surface area (Å²) >= 11 is 0. The molecule has 5 rings (SSSR count). The monoisotopic (exact) mass is 442 g/mol. The fourth-order valence-electron chi connectivity index (χ4n) is 4.18. The van der Waals surface area contributed by atoms with E-state index in [1.165, 1.54) is 5.56 Å². The minimum Gasteiger partial charge on any atom is -0.478 e. The van der Waals surface area contributed by atoms with Crippen molar-refractivity contribution >= 4 is 5.97 Å². The minimum atomic E-state index is -0.932. The van der Waals surface area contributed by atoms with Crippen molar-refractivity contribution in [3.05, 3.63) is 132 Å². The van der Waals surface area contributed by atoms with Crippen LogP contribution in [0.2, 0.25) is 0 Å². The molecule has 0 atom stereocenters. The summed E-state index contributed by atoms with van der Waals surface area (Å²) in [4.78, 5) is 11.5. The lowest BCUT2D eigenvalue weighted by Gasteiger charge is -2.13. The summed E-state index contributed by atoms with van der Waals surface area (Å²) in [5.74, 6) is -0.932. The maximum absolute atomic E-state index is 11.5. The van der Waals surface area contributed by atoms with Crippen molar-refractivity contribution < 1.29 is 14.5 Å². The number of rotatable bonds is 5.